The minimum absolute atomic E-state index is 0.273. The van der Waals surface area contributed by atoms with E-state index in [1.807, 2.05) is 0 Å². The van der Waals surface area contributed by atoms with Crippen LogP contribution in [0, 0.1) is 0 Å². The summed E-state index contributed by atoms with van der Waals surface area (Å²) in [6.07, 6.45) is 11.3. The highest BCUT2D eigenvalue weighted by Gasteiger charge is 2.30. The quantitative estimate of drug-likeness (QED) is 0.295. The fourth-order valence-corrected chi connectivity index (χ4v) is 2.54. The molecule has 104 valence electrons. The molecule has 0 aromatic carbocycles. The number of hydrogen-bond acceptors (Lipinski definition) is 3. The number of hydrogen-bond donors (Lipinski definition) is 1. The Morgan fingerprint density at radius 3 is 1.82 bits per heavy atom. The van der Waals surface area contributed by atoms with Crippen LogP contribution in [-0.2, 0) is 9.93 Å². The summed E-state index contributed by atoms with van der Waals surface area (Å²) in [5, 5.41) is 12.6. The molecule has 0 aliphatic carbocycles. The first-order valence-electron chi connectivity index (χ1n) is 7.24. The Morgan fingerprint density at radius 1 is 0.765 bits per heavy atom. The smallest absolute Gasteiger partial charge is 0.107 e. The predicted molar refractivity (Wildman–Crippen MR) is 70.7 cm³/mol. The summed E-state index contributed by atoms with van der Waals surface area (Å²) in [5.74, 6) is 0. The van der Waals surface area contributed by atoms with Crippen LogP contribution in [-0.4, -0.2) is 10.9 Å². The van der Waals surface area contributed by atoms with Gasteiger partial charge >= 0.3 is 0 Å². The van der Waals surface area contributed by atoms with E-state index in [4.69, 9.17) is 10.1 Å². The standard InChI is InChI=1S/C14H30O3/c1-4-7-8-9-10-13-14(11-5-2,12-6-3)16-17-15/h15H,4-13H2,1-3H3. The van der Waals surface area contributed by atoms with Gasteiger partial charge in [-0.2, -0.15) is 4.89 Å². The van der Waals surface area contributed by atoms with Gasteiger partial charge in [-0.05, 0) is 19.3 Å². The van der Waals surface area contributed by atoms with E-state index in [1.54, 1.807) is 0 Å². The third kappa shape index (κ3) is 7.74. The van der Waals surface area contributed by atoms with Crippen molar-refractivity contribution in [3.63, 3.8) is 0 Å². The Balaban J connectivity index is 4.05. The Morgan fingerprint density at radius 2 is 1.35 bits per heavy atom. The molecule has 0 radical (unpaired) electrons. The minimum atomic E-state index is -0.273. The van der Waals surface area contributed by atoms with Gasteiger partial charge in [0.2, 0.25) is 0 Å². The van der Waals surface area contributed by atoms with Crippen LogP contribution in [0.3, 0.4) is 0 Å². The van der Waals surface area contributed by atoms with Crippen LogP contribution in [0.25, 0.3) is 0 Å². The van der Waals surface area contributed by atoms with Gasteiger partial charge in [0.05, 0.1) is 0 Å². The second-order valence-electron chi connectivity index (χ2n) is 5.01. The lowest BCUT2D eigenvalue weighted by atomic mass is 9.87. The van der Waals surface area contributed by atoms with E-state index in [0.29, 0.717) is 0 Å². The zero-order valence-corrected chi connectivity index (χ0v) is 11.8. The summed E-state index contributed by atoms with van der Waals surface area (Å²) < 4.78 is 0. The molecule has 0 aliphatic rings. The van der Waals surface area contributed by atoms with Crippen molar-refractivity contribution in [2.24, 2.45) is 0 Å². The monoisotopic (exact) mass is 246 g/mol. The molecule has 0 saturated carbocycles. The number of unbranched alkanes of at least 4 members (excludes halogenated alkanes) is 4. The molecule has 0 aliphatic heterocycles. The van der Waals surface area contributed by atoms with Gasteiger partial charge in [0.1, 0.15) is 5.60 Å². The molecule has 1 N–H and O–H groups in total. The third-order valence-corrected chi connectivity index (χ3v) is 3.36. The molecule has 0 fully saturated rings. The zero-order chi connectivity index (χ0) is 13.0. The Labute approximate surface area is 106 Å². The molecule has 0 unspecified atom stereocenters. The average molecular weight is 246 g/mol. The molecule has 0 heterocycles. The molecule has 0 amide bonds. The Kier molecular flexibility index (Phi) is 10.9. The first-order chi connectivity index (χ1) is 8.24. The summed E-state index contributed by atoms with van der Waals surface area (Å²) in [7, 11) is 0. The van der Waals surface area contributed by atoms with Crippen molar-refractivity contribution in [2.75, 3.05) is 0 Å². The molecule has 0 bridgehead atoms. The Hall–Kier alpha value is -0.120. The van der Waals surface area contributed by atoms with Crippen LogP contribution in [0.5, 0.6) is 0 Å². The second-order valence-corrected chi connectivity index (χ2v) is 5.01. The van der Waals surface area contributed by atoms with Gasteiger partial charge in [-0.25, -0.2) is 5.26 Å². The van der Waals surface area contributed by atoms with Crippen molar-refractivity contribution in [3.8, 4) is 0 Å². The molecule has 17 heavy (non-hydrogen) atoms. The van der Waals surface area contributed by atoms with Gasteiger partial charge in [0.25, 0.3) is 0 Å². The van der Waals surface area contributed by atoms with Crippen molar-refractivity contribution in [1.82, 2.24) is 0 Å². The van der Waals surface area contributed by atoms with E-state index in [2.05, 4.69) is 25.8 Å². The largest absolute Gasteiger partial charge is 0.221 e. The van der Waals surface area contributed by atoms with E-state index in [9.17, 15) is 0 Å². The normalized spacial score (nSPS) is 12.0. The van der Waals surface area contributed by atoms with Crippen LogP contribution in [0.1, 0.15) is 85.0 Å². The van der Waals surface area contributed by atoms with Crippen molar-refractivity contribution in [1.29, 1.82) is 0 Å². The van der Waals surface area contributed by atoms with Crippen LogP contribution in [0.4, 0.5) is 0 Å². The first-order valence-corrected chi connectivity index (χ1v) is 7.24. The lowest BCUT2D eigenvalue weighted by Gasteiger charge is -2.30. The van der Waals surface area contributed by atoms with Gasteiger partial charge in [0, 0.05) is 0 Å². The second kappa shape index (κ2) is 11.0. The lowest BCUT2D eigenvalue weighted by Crippen LogP contribution is -2.32. The summed E-state index contributed by atoms with van der Waals surface area (Å²) in [6, 6.07) is 0. The molecule has 3 heteroatoms. The molecular formula is C14H30O3. The average Bonchev–Trinajstić information content (AvgIpc) is 2.30. The van der Waals surface area contributed by atoms with Crippen LogP contribution >= 0.6 is 0 Å². The molecule has 0 rings (SSSR count). The predicted octanol–water partition coefficient (Wildman–Crippen LogP) is 5.11. The number of rotatable bonds is 12. The molecule has 0 aromatic heterocycles. The lowest BCUT2D eigenvalue weighted by molar-refractivity contribution is -0.528. The fraction of sp³-hybridized carbons (Fsp3) is 1.00. The first kappa shape index (κ1) is 16.9. The molecule has 3 nitrogen and oxygen atoms in total. The molecule has 0 aromatic rings. The molecule has 0 saturated heterocycles. The van der Waals surface area contributed by atoms with Gasteiger partial charge in [0.15, 0.2) is 0 Å². The van der Waals surface area contributed by atoms with Gasteiger partial charge in [-0.1, -0.05) is 70.8 Å². The van der Waals surface area contributed by atoms with Gasteiger partial charge < -0.3 is 0 Å². The van der Waals surface area contributed by atoms with Gasteiger partial charge in [-0.15, -0.1) is 0 Å². The summed E-state index contributed by atoms with van der Waals surface area (Å²) >= 11 is 0. The van der Waals surface area contributed by atoms with Crippen LogP contribution < -0.4 is 0 Å². The topological polar surface area (TPSA) is 38.7 Å². The van der Waals surface area contributed by atoms with Crippen molar-refractivity contribution >= 4 is 0 Å². The third-order valence-electron chi connectivity index (χ3n) is 3.36. The zero-order valence-electron chi connectivity index (χ0n) is 11.8. The molecule has 0 atom stereocenters. The maximum absolute atomic E-state index is 8.57. The van der Waals surface area contributed by atoms with E-state index in [-0.39, 0.29) is 5.60 Å². The summed E-state index contributed by atoms with van der Waals surface area (Å²) in [6.45, 7) is 6.51. The van der Waals surface area contributed by atoms with Crippen LogP contribution in [0.2, 0.25) is 0 Å². The maximum atomic E-state index is 8.57. The highest BCUT2D eigenvalue weighted by Crippen LogP contribution is 2.30. The maximum Gasteiger partial charge on any atom is 0.107 e. The SMILES string of the molecule is CCCCCCCC(CCC)(CCC)OOO. The molecular weight excluding hydrogens is 216 g/mol. The van der Waals surface area contributed by atoms with Gasteiger partial charge in [-0.3, -0.25) is 0 Å². The van der Waals surface area contributed by atoms with Crippen molar-refractivity contribution < 1.29 is 15.2 Å². The highest BCUT2D eigenvalue weighted by atomic mass is 17.5. The van der Waals surface area contributed by atoms with E-state index in [1.165, 1.54) is 25.7 Å². The van der Waals surface area contributed by atoms with E-state index < -0.39 is 0 Å². The van der Waals surface area contributed by atoms with E-state index in [0.717, 1.165) is 38.5 Å². The van der Waals surface area contributed by atoms with E-state index >= 15 is 0 Å². The molecule has 0 spiro atoms. The van der Waals surface area contributed by atoms with Crippen molar-refractivity contribution in [3.05, 3.63) is 0 Å². The van der Waals surface area contributed by atoms with Crippen LogP contribution in [0.15, 0.2) is 0 Å². The summed E-state index contributed by atoms with van der Waals surface area (Å²) in [4.78, 5) is 5.17. The summed E-state index contributed by atoms with van der Waals surface area (Å²) in [5.41, 5.74) is -0.273. The minimum Gasteiger partial charge on any atom is -0.221 e. The fourth-order valence-electron chi connectivity index (χ4n) is 2.54. The highest BCUT2D eigenvalue weighted by molar-refractivity contribution is 4.78. The Bertz CT molecular complexity index is 143. The van der Waals surface area contributed by atoms with Crippen molar-refractivity contribution in [2.45, 2.75) is 90.6 Å².